The Morgan fingerprint density at radius 2 is 2.15 bits per heavy atom. The van der Waals surface area contributed by atoms with Gasteiger partial charge in [0.2, 0.25) is 0 Å². The van der Waals surface area contributed by atoms with Crippen LogP contribution < -0.4 is 9.04 Å². The number of ether oxygens (including phenoxy) is 1. The molecule has 3 rings (SSSR count). The predicted molar refractivity (Wildman–Crippen MR) is 78.3 cm³/mol. The summed E-state index contributed by atoms with van der Waals surface area (Å²) in [6.07, 6.45) is 0. The number of thiazole rings is 1. The van der Waals surface area contributed by atoms with Gasteiger partial charge in [0.1, 0.15) is 12.4 Å². The van der Waals surface area contributed by atoms with Crippen LogP contribution in [-0.4, -0.2) is 26.6 Å². The number of hydrogen-bond donors (Lipinski definition) is 0. The lowest BCUT2D eigenvalue weighted by Crippen LogP contribution is -2.37. The normalized spacial score (nSPS) is 14.8. The summed E-state index contributed by atoms with van der Waals surface area (Å²) in [7, 11) is -3.66. The quantitative estimate of drug-likeness (QED) is 0.849. The maximum absolute atomic E-state index is 12.8. The average molecular weight is 331 g/mol. The van der Waals surface area contributed by atoms with E-state index in [9.17, 15) is 8.42 Å². The zero-order valence-corrected chi connectivity index (χ0v) is 12.9. The SMILES string of the molecule is Cc1nc(Cl)sc1S(=O)(=O)N1CCOc2ccccc21. The van der Waals surface area contributed by atoms with Gasteiger partial charge in [0.15, 0.2) is 8.68 Å². The summed E-state index contributed by atoms with van der Waals surface area (Å²) in [6, 6.07) is 7.07. The second-order valence-electron chi connectivity index (χ2n) is 4.23. The molecule has 0 amide bonds. The molecule has 0 aliphatic carbocycles. The van der Waals surface area contributed by atoms with Gasteiger partial charge in [-0.1, -0.05) is 35.1 Å². The fourth-order valence-electron chi connectivity index (χ4n) is 2.08. The maximum atomic E-state index is 12.8. The summed E-state index contributed by atoms with van der Waals surface area (Å²) in [6.45, 7) is 2.23. The van der Waals surface area contributed by atoms with Gasteiger partial charge in [-0.05, 0) is 19.1 Å². The minimum absolute atomic E-state index is 0.180. The van der Waals surface area contributed by atoms with E-state index in [-0.39, 0.29) is 15.2 Å². The third-order valence-electron chi connectivity index (χ3n) is 2.94. The molecule has 0 bridgehead atoms. The van der Waals surface area contributed by atoms with Crippen LogP contribution in [-0.2, 0) is 10.0 Å². The van der Waals surface area contributed by atoms with Crippen molar-refractivity contribution in [2.24, 2.45) is 0 Å². The number of anilines is 1. The fraction of sp³-hybridized carbons (Fsp3) is 0.250. The van der Waals surface area contributed by atoms with E-state index in [1.54, 1.807) is 25.1 Å². The van der Waals surface area contributed by atoms with Crippen LogP contribution in [0.5, 0.6) is 5.75 Å². The second-order valence-corrected chi connectivity index (χ2v) is 7.87. The molecule has 2 heterocycles. The Morgan fingerprint density at radius 1 is 1.40 bits per heavy atom. The average Bonchev–Trinajstić information content (AvgIpc) is 2.78. The molecule has 0 spiro atoms. The minimum atomic E-state index is -3.66. The third-order valence-corrected chi connectivity index (χ3v) is 6.60. The van der Waals surface area contributed by atoms with Gasteiger partial charge in [-0.2, -0.15) is 0 Å². The van der Waals surface area contributed by atoms with Crippen LogP contribution in [0.4, 0.5) is 5.69 Å². The summed E-state index contributed by atoms with van der Waals surface area (Å²) in [5.74, 6) is 0.565. The van der Waals surface area contributed by atoms with Crippen LogP contribution in [0.15, 0.2) is 28.5 Å². The van der Waals surface area contributed by atoms with Crippen molar-refractivity contribution in [1.29, 1.82) is 0 Å². The molecule has 1 aliphatic rings. The molecule has 0 fully saturated rings. The Bertz CT molecular complexity index is 758. The molecule has 2 aromatic rings. The van der Waals surface area contributed by atoms with Crippen molar-refractivity contribution >= 4 is 38.6 Å². The van der Waals surface area contributed by atoms with E-state index in [1.165, 1.54) is 4.31 Å². The van der Waals surface area contributed by atoms with E-state index in [4.69, 9.17) is 16.3 Å². The molecule has 0 unspecified atom stereocenters. The molecule has 5 nitrogen and oxygen atoms in total. The predicted octanol–water partition coefficient (Wildman–Crippen LogP) is 2.69. The lowest BCUT2D eigenvalue weighted by Gasteiger charge is -2.29. The smallest absolute Gasteiger partial charge is 0.276 e. The molecule has 1 aromatic heterocycles. The van der Waals surface area contributed by atoms with Crippen LogP contribution in [0.25, 0.3) is 0 Å². The lowest BCUT2D eigenvalue weighted by atomic mass is 10.2. The van der Waals surface area contributed by atoms with E-state index in [0.717, 1.165) is 11.3 Å². The first-order chi connectivity index (χ1) is 9.50. The first-order valence-corrected chi connectivity index (χ1v) is 8.51. The first-order valence-electron chi connectivity index (χ1n) is 5.87. The number of rotatable bonds is 2. The Balaban J connectivity index is 2.12. The van der Waals surface area contributed by atoms with E-state index in [0.29, 0.717) is 23.7 Å². The van der Waals surface area contributed by atoms with Crippen molar-refractivity contribution in [2.45, 2.75) is 11.1 Å². The van der Waals surface area contributed by atoms with Crippen LogP contribution in [0.3, 0.4) is 0 Å². The number of sulfonamides is 1. The Labute approximate surface area is 125 Å². The summed E-state index contributed by atoms with van der Waals surface area (Å²) in [5, 5.41) is 0. The fourth-order valence-corrected chi connectivity index (χ4v) is 5.38. The number of para-hydroxylation sites is 2. The highest BCUT2D eigenvalue weighted by molar-refractivity contribution is 7.94. The van der Waals surface area contributed by atoms with E-state index in [2.05, 4.69) is 4.98 Å². The summed E-state index contributed by atoms with van der Waals surface area (Å²) >= 11 is 6.78. The molecule has 0 N–H and O–H groups in total. The van der Waals surface area contributed by atoms with E-state index in [1.807, 2.05) is 6.07 Å². The summed E-state index contributed by atoms with van der Waals surface area (Å²) in [5.41, 5.74) is 0.964. The van der Waals surface area contributed by atoms with Gasteiger partial charge < -0.3 is 4.74 Å². The van der Waals surface area contributed by atoms with E-state index >= 15 is 0 Å². The van der Waals surface area contributed by atoms with Gasteiger partial charge in [0.25, 0.3) is 10.0 Å². The van der Waals surface area contributed by atoms with Gasteiger partial charge in [-0.15, -0.1) is 0 Å². The van der Waals surface area contributed by atoms with Crippen molar-refractivity contribution in [1.82, 2.24) is 4.98 Å². The topological polar surface area (TPSA) is 59.5 Å². The zero-order chi connectivity index (χ0) is 14.3. The Hall–Kier alpha value is -1.31. The Kier molecular flexibility index (Phi) is 3.35. The molecule has 1 aliphatic heterocycles. The van der Waals surface area contributed by atoms with Crippen molar-refractivity contribution in [3.63, 3.8) is 0 Å². The molecule has 0 saturated heterocycles. The molecule has 106 valence electrons. The summed E-state index contributed by atoms with van der Waals surface area (Å²) < 4.78 is 32.8. The minimum Gasteiger partial charge on any atom is -0.489 e. The summed E-state index contributed by atoms with van der Waals surface area (Å²) in [4.78, 5) is 3.98. The number of halogens is 1. The molecule has 1 aromatic carbocycles. The highest BCUT2D eigenvalue weighted by Crippen LogP contribution is 2.37. The van der Waals surface area contributed by atoms with Crippen LogP contribution >= 0.6 is 22.9 Å². The van der Waals surface area contributed by atoms with Gasteiger partial charge in [-0.3, -0.25) is 4.31 Å². The number of aryl methyl sites for hydroxylation is 1. The van der Waals surface area contributed by atoms with Crippen molar-refractivity contribution < 1.29 is 13.2 Å². The van der Waals surface area contributed by atoms with Gasteiger partial charge in [0, 0.05) is 0 Å². The molecular weight excluding hydrogens is 320 g/mol. The van der Waals surface area contributed by atoms with Crippen LogP contribution in [0, 0.1) is 6.92 Å². The van der Waals surface area contributed by atoms with Gasteiger partial charge in [-0.25, -0.2) is 13.4 Å². The number of hydrogen-bond acceptors (Lipinski definition) is 5. The number of aromatic nitrogens is 1. The molecule has 20 heavy (non-hydrogen) atoms. The van der Waals surface area contributed by atoms with Crippen LogP contribution in [0.2, 0.25) is 4.47 Å². The number of nitrogens with zero attached hydrogens (tertiary/aromatic N) is 2. The molecular formula is C12H11ClN2O3S2. The molecule has 8 heteroatoms. The number of fused-ring (bicyclic) bond motifs is 1. The number of benzene rings is 1. The van der Waals surface area contributed by atoms with Crippen molar-refractivity contribution in [3.05, 3.63) is 34.4 Å². The Morgan fingerprint density at radius 3 is 2.85 bits per heavy atom. The van der Waals surface area contributed by atoms with Crippen LogP contribution in [0.1, 0.15) is 5.69 Å². The van der Waals surface area contributed by atoms with Crippen molar-refractivity contribution in [2.75, 3.05) is 17.5 Å². The largest absolute Gasteiger partial charge is 0.489 e. The highest BCUT2D eigenvalue weighted by atomic mass is 35.5. The van der Waals surface area contributed by atoms with E-state index < -0.39 is 10.0 Å². The van der Waals surface area contributed by atoms with Gasteiger partial charge >= 0.3 is 0 Å². The van der Waals surface area contributed by atoms with Gasteiger partial charge in [0.05, 0.1) is 17.9 Å². The highest BCUT2D eigenvalue weighted by Gasteiger charge is 2.32. The first kappa shape index (κ1) is 13.7. The second kappa shape index (κ2) is 4.91. The standard InChI is InChI=1S/C12H11ClN2O3S2/c1-8-11(19-12(13)14-8)20(16,17)15-6-7-18-10-5-3-2-4-9(10)15/h2-5H,6-7H2,1H3. The van der Waals surface area contributed by atoms with Crippen molar-refractivity contribution in [3.8, 4) is 5.75 Å². The molecule has 0 radical (unpaired) electrons. The molecule has 0 atom stereocenters. The monoisotopic (exact) mass is 330 g/mol. The lowest BCUT2D eigenvalue weighted by molar-refractivity contribution is 0.316. The molecule has 0 saturated carbocycles. The third kappa shape index (κ3) is 2.15. The zero-order valence-electron chi connectivity index (χ0n) is 10.5. The maximum Gasteiger partial charge on any atom is 0.276 e.